The first-order valence-electron chi connectivity index (χ1n) is 3.45. The summed E-state index contributed by atoms with van der Waals surface area (Å²) in [6.07, 6.45) is 1.05. The predicted molar refractivity (Wildman–Crippen MR) is 51.8 cm³/mol. The van der Waals surface area contributed by atoms with Gasteiger partial charge >= 0.3 is 0 Å². The summed E-state index contributed by atoms with van der Waals surface area (Å²) < 4.78 is 45.7. The fraction of sp³-hybridized carbons (Fsp3) is 0.143. The van der Waals surface area contributed by atoms with Crippen molar-refractivity contribution in [2.75, 3.05) is 11.0 Å². The lowest BCUT2D eigenvalue weighted by molar-refractivity contribution is 0.512. The highest BCUT2D eigenvalue weighted by Gasteiger charge is 2.11. The van der Waals surface area contributed by atoms with Gasteiger partial charge in [-0.3, -0.25) is 4.72 Å². The standard InChI is InChI=1S/C7H7ClF2N2OS/c1-14(11,13)12-6-3-4(8)2-5(9)7(6)10/h2-3H,1H3,(H2,11,12,13). The molecule has 14 heavy (non-hydrogen) atoms. The molecule has 0 spiro atoms. The summed E-state index contributed by atoms with van der Waals surface area (Å²) in [5.41, 5.74) is -0.377. The van der Waals surface area contributed by atoms with E-state index in [9.17, 15) is 13.0 Å². The lowest BCUT2D eigenvalue weighted by atomic mass is 10.3. The maximum absolute atomic E-state index is 13.0. The highest BCUT2D eigenvalue weighted by Crippen LogP contribution is 2.23. The molecule has 0 aliphatic rings. The van der Waals surface area contributed by atoms with Gasteiger partial charge < -0.3 is 0 Å². The van der Waals surface area contributed by atoms with E-state index in [1.165, 1.54) is 0 Å². The zero-order valence-corrected chi connectivity index (χ0v) is 8.68. The highest BCUT2D eigenvalue weighted by atomic mass is 35.5. The molecule has 7 heteroatoms. The van der Waals surface area contributed by atoms with Crippen LogP contribution in [0.15, 0.2) is 12.1 Å². The molecule has 0 aromatic heterocycles. The summed E-state index contributed by atoms with van der Waals surface area (Å²) in [5, 5.41) is -0.0324. The molecule has 3 nitrogen and oxygen atoms in total. The molecule has 0 radical (unpaired) electrons. The zero-order valence-electron chi connectivity index (χ0n) is 7.11. The number of hydrogen-bond donors (Lipinski definition) is 2. The molecule has 0 saturated carbocycles. The van der Waals surface area contributed by atoms with E-state index >= 15 is 0 Å². The number of benzene rings is 1. The van der Waals surface area contributed by atoms with Crippen LogP contribution in [0.5, 0.6) is 0 Å². The van der Waals surface area contributed by atoms with Crippen LogP contribution in [0.1, 0.15) is 0 Å². The normalized spacial score (nSPS) is 14.9. The molecule has 0 saturated heterocycles. The van der Waals surface area contributed by atoms with Crippen LogP contribution in [-0.2, 0) is 9.92 Å². The summed E-state index contributed by atoms with van der Waals surface area (Å²) in [4.78, 5) is 0. The van der Waals surface area contributed by atoms with E-state index in [0.717, 1.165) is 18.4 Å². The van der Waals surface area contributed by atoms with Gasteiger partial charge in [0.1, 0.15) is 9.92 Å². The van der Waals surface area contributed by atoms with Crippen molar-refractivity contribution in [2.45, 2.75) is 0 Å². The second-order valence-electron chi connectivity index (χ2n) is 2.69. The van der Waals surface area contributed by atoms with E-state index in [4.69, 9.17) is 16.4 Å². The Balaban J connectivity index is 3.22. The molecule has 0 heterocycles. The number of rotatable bonds is 2. The highest BCUT2D eigenvalue weighted by molar-refractivity contribution is 7.93. The predicted octanol–water partition coefficient (Wildman–Crippen LogP) is 2.62. The Bertz CT molecular complexity index is 461. The van der Waals surface area contributed by atoms with Crippen LogP contribution in [0.2, 0.25) is 5.02 Å². The van der Waals surface area contributed by atoms with Crippen molar-refractivity contribution < 1.29 is 13.0 Å². The van der Waals surface area contributed by atoms with Crippen LogP contribution < -0.4 is 4.72 Å². The minimum Gasteiger partial charge on any atom is -0.296 e. The minimum absolute atomic E-state index is 0.0324. The van der Waals surface area contributed by atoms with E-state index in [-0.39, 0.29) is 10.7 Å². The maximum atomic E-state index is 13.0. The topological polar surface area (TPSA) is 53.0 Å². The smallest absolute Gasteiger partial charge is 0.182 e. The Labute approximate surface area is 85.2 Å². The van der Waals surface area contributed by atoms with Crippen LogP contribution in [0.4, 0.5) is 14.5 Å². The van der Waals surface area contributed by atoms with Crippen molar-refractivity contribution in [1.29, 1.82) is 4.78 Å². The largest absolute Gasteiger partial charge is 0.296 e. The van der Waals surface area contributed by atoms with E-state index in [1.54, 1.807) is 0 Å². The average Bonchev–Trinajstić information content (AvgIpc) is 1.96. The van der Waals surface area contributed by atoms with Gasteiger partial charge in [-0.05, 0) is 12.1 Å². The van der Waals surface area contributed by atoms with Gasteiger partial charge in [0.2, 0.25) is 0 Å². The molecule has 1 aromatic carbocycles. The van der Waals surface area contributed by atoms with Crippen LogP contribution >= 0.6 is 11.6 Å². The SMILES string of the molecule is CS(=N)(=O)Nc1cc(Cl)cc(F)c1F. The second-order valence-corrected chi connectivity index (χ2v) is 5.02. The van der Waals surface area contributed by atoms with Gasteiger partial charge in [0.05, 0.1) is 5.69 Å². The summed E-state index contributed by atoms with van der Waals surface area (Å²) >= 11 is 5.45. The fourth-order valence-corrected chi connectivity index (χ4v) is 1.61. The molecule has 1 unspecified atom stereocenters. The molecule has 1 rings (SSSR count). The third-order valence-corrected chi connectivity index (χ3v) is 2.13. The van der Waals surface area contributed by atoms with Crippen molar-refractivity contribution in [2.24, 2.45) is 0 Å². The Morgan fingerprint density at radius 1 is 1.50 bits per heavy atom. The Kier molecular flexibility index (Phi) is 2.96. The van der Waals surface area contributed by atoms with Gasteiger partial charge in [-0.25, -0.2) is 17.8 Å². The van der Waals surface area contributed by atoms with Crippen LogP contribution in [-0.4, -0.2) is 10.5 Å². The van der Waals surface area contributed by atoms with Gasteiger partial charge in [-0.1, -0.05) is 11.6 Å². The molecule has 0 fully saturated rings. The summed E-state index contributed by atoms with van der Waals surface area (Å²) in [6, 6.07) is 1.86. The van der Waals surface area contributed by atoms with Crippen molar-refractivity contribution in [1.82, 2.24) is 0 Å². The minimum atomic E-state index is -3.15. The second kappa shape index (κ2) is 3.70. The van der Waals surface area contributed by atoms with Crippen molar-refractivity contribution in [3.8, 4) is 0 Å². The molecule has 0 bridgehead atoms. The lowest BCUT2D eigenvalue weighted by Gasteiger charge is -2.07. The van der Waals surface area contributed by atoms with Crippen molar-refractivity contribution in [3.63, 3.8) is 0 Å². The maximum Gasteiger partial charge on any atom is 0.182 e. The molecule has 1 aromatic rings. The molecule has 0 aliphatic carbocycles. The van der Waals surface area contributed by atoms with Crippen molar-refractivity contribution in [3.05, 3.63) is 28.8 Å². The molecule has 2 N–H and O–H groups in total. The van der Waals surface area contributed by atoms with E-state index in [1.807, 2.05) is 4.72 Å². The molecule has 78 valence electrons. The van der Waals surface area contributed by atoms with Crippen LogP contribution in [0.25, 0.3) is 0 Å². The number of nitrogens with one attached hydrogen (secondary N) is 2. The van der Waals surface area contributed by atoms with Gasteiger partial charge in [0.15, 0.2) is 11.6 Å². The quantitative estimate of drug-likeness (QED) is 0.767. The molecular weight excluding hydrogens is 234 g/mol. The summed E-state index contributed by atoms with van der Waals surface area (Å²) in [7, 11) is -3.15. The Morgan fingerprint density at radius 3 is 2.57 bits per heavy atom. The fourth-order valence-electron chi connectivity index (χ4n) is 0.840. The molecule has 0 aliphatic heterocycles. The van der Waals surface area contributed by atoms with E-state index < -0.39 is 21.5 Å². The summed E-state index contributed by atoms with van der Waals surface area (Å²) in [5.74, 6) is -2.35. The first kappa shape index (κ1) is 11.2. The summed E-state index contributed by atoms with van der Waals surface area (Å²) in [6.45, 7) is 0. The molecular formula is C7H7ClF2N2OS. The molecule has 1 atom stereocenters. The number of halogens is 3. The number of anilines is 1. The van der Waals surface area contributed by atoms with Gasteiger partial charge in [-0.2, -0.15) is 0 Å². The number of hydrogen-bond acceptors (Lipinski definition) is 2. The van der Waals surface area contributed by atoms with Gasteiger partial charge in [0.25, 0.3) is 0 Å². The third kappa shape index (κ3) is 2.81. The first-order valence-corrected chi connectivity index (χ1v) is 5.80. The third-order valence-electron chi connectivity index (χ3n) is 1.30. The van der Waals surface area contributed by atoms with E-state index in [0.29, 0.717) is 0 Å². The van der Waals surface area contributed by atoms with Crippen LogP contribution in [0.3, 0.4) is 0 Å². The average molecular weight is 241 g/mol. The Morgan fingerprint density at radius 2 is 2.07 bits per heavy atom. The van der Waals surface area contributed by atoms with Gasteiger partial charge in [0, 0.05) is 11.3 Å². The first-order chi connectivity index (χ1) is 6.29. The lowest BCUT2D eigenvalue weighted by Crippen LogP contribution is -2.10. The van der Waals surface area contributed by atoms with E-state index in [2.05, 4.69) is 0 Å². The van der Waals surface area contributed by atoms with Crippen LogP contribution in [0, 0.1) is 16.4 Å². The Hall–Kier alpha value is -0.880. The van der Waals surface area contributed by atoms with Crippen molar-refractivity contribution >= 4 is 27.2 Å². The van der Waals surface area contributed by atoms with Gasteiger partial charge in [-0.15, -0.1) is 0 Å². The monoisotopic (exact) mass is 240 g/mol. The molecule has 0 amide bonds. The zero-order chi connectivity index (χ0) is 10.9.